The summed E-state index contributed by atoms with van der Waals surface area (Å²) in [6, 6.07) is 9.20. The molecule has 0 aliphatic heterocycles. The van der Waals surface area contributed by atoms with Crippen molar-refractivity contribution in [3.05, 3.63) is 86.3 Å². The maximum atomic E-state index is 13.6. The molecule has 1 aromatic carbocycles. The van der Waals surface area contributed by atoms with Gasteiger partial charge in [0, 0.05) is 23.0 Å². The summed E-state index contributed by atoms with van der Waals surface area (Å²) in [5, 5.41) is 1.10. The first-order valence-corrected chi connectivity index (χ1v) is 12.4. The Morgan fingerprint density at radius 3 is 2.61 bits per heavy atom. The number of nitrogens with zero attached hydrogens (tertiary/aromatic N) is 3. The minimum absolute atomic E-state index is 0.0645. The molecule has 0 unspecified atom stereocenters. The average molecular weight is 488 g/mol. The third-order valence-electron chi connectivity index (χ3n) is 5.81. The Labute approximate surface area is 196 Å². The van der Waals surface area contributed by atoms with E-state index in [1.165, 1.54) is 28.8 Å². The molecule has 3 heterocycles. The van der Waals surface area contributed by atoms with Crippen LogP contribution in [0.1, 0.15) is 40.0 Å². The van der Waals surface area contributed by atoms with Crippen LogP contribution in [-0.4, -0.2) is 14.5 Å². The molecule has 0 radical (unpaired) electrons. The molecule has 0 spiro atoms. The summed E-state index contributed by atoms with van der Waals surface area (Å²) in [6.45, 7) is 0.290. The van der Waals surface area contributed by atoms with Crippen molar-refractivity contribution in [1.29, 1.82) is 0 Å². The van der Waals surface area contributed by atoms with Crippen LogP contribution < -0.4 is 5.56 Å². The lowest BCUT2D eigenvalue weighted by Crippen LogP contribution is -2.24. The number of benzene rings is 1. The lowest BCUT2D eigenvalue weighted by Gasteiger charge is -2.15. The Hall–Kier alpha value is -2.65. The summed E-state index contributed by atoms with van der Waals surface area (Å²) in [5.41, 5.74) is 1.37. The zero-order chi connectivity index (χ0) is 23.0. The molecule has 4 nitrogen and oxygen atoms in total. The predicted octanol–water partition coefficient (Wildman–Crippen LogP) is 6.09. The largest absolute Gasteiger partial charge is 0.416 e. The van der Waals surface area contributed by atoms with Crippen LogP contribution in [0.2, 0.25) is 0 Å². The fourth-order valence-electron chi connectivity index (χ4n) is 4.21. The van der Waals surface area contributed by atoms with E-state index in [1.54, 1.807) is 34.4 Å². The average Bonchev–Trinajstić information content (AvgIpc) is 3.18. The van der Waals surface area contributed by atoms with E-state index in [2.05, 4.69) is 4.98 Å². The number of pyridine rings is 1. The molecule has 0 amide bonds. The maximum Gasteiger partial charge on any atom is 0.416 e. The van der Waals surface area contributed by atoms with Gasteiger partial charge in [0.05, 0.1) is 17.5 Å². The van der Waals surface area contributed by atoms with E-state index < -0.39 is 11.7 Å². The monoisotopic (exact) mass is 487 g/mol. The highest BCUT2D eigenvalue weighted by molar-refractivity contribution is 7.98. The topological polar surface area (TPSA) is 47.8 Å². The van der Waals surface area contributed by atoms with E-state index in [4.69, 9.17) is 4.98 Å². The molecule has 1 aliphatic rings. The molecule has 0 bridgehead atoms. The molecule has 170 valence electrons. The van der Waals surface area contributed by atoms with E-state index in [1.807, 2.05) is 12.1 Å². The SMILES string of the molecule is O=c1c2c3c(sc2nc(SCc2ccccc2C(F)(F)F)n1Cc1ccncc1)CCCC3. The number of rotatable bonds is 5. The van der Waals surface area contributed by atoms with E-state index in [0.717, 1.165) is 42.9 Å². The standard InChI is InChI=1S/C24H20F3N3OS2/c25-24(26,27)18-7-3-1-5-16(18)14-32-23-29-21-20(17-6-2-4-8-19(17)33-21)22(31)30(23)13-15-9-11-28-12-10-15/h1,3,5,7,9-12H,2,4,6,8,13-14H2. The molecule has 0 fully saturated rings. The first-order valence-electron chi connectivity index (χ1n) is 10.6. The number of aryl methyl sites for hydroxylation is 2. The molecule has 0 atom stereocenters. The van der Waals surface area contributed by atoms with Crippen molar-refractivity contribution in [3.8, 4) is 0 Å². The van der Waals surface area contributed by atoms with Crippen LogP contribution in [0.15, 0.2) is 58.7 Å². The van der Waals surface area contributed by atoms with Gasteiger partial charge in [-0.3, -0.25) is 14.3 Å². The number of thioether (sulfide) groups is 1. The number of fused-ring (bicyclic) bond motifs is 3. The fraction of sp³-hybridized carbons (Fsp3) is 0.292. The van der Waals surface area contributed by atoms with Gasteiger partial charge in [-0.25, -0.2) is 4.98 Å². The van der Waals surface area contributed by atoms with Crippen LogP contribution in [0.25, 0.3) is 10.2 Å². The van der Waals surface area contributed by atoms with Gasteiger partial charge in [0.15, 0.2) is 5.16 Å². The van der Waals surface area contributed by atoms with E-state index in [-0.39, 0.29) is 23.4 Å². The van der Waals surface area contributed by atoms with Crippen molar-refractivity contribution < 1.29 is 13.2 Å². The second-order valence-corrected chi connectivity index (χ2v) is 10.0. The molecular formula is C24H20F3N3OS2. The minimum atomic E-state index is -4.43. The number of alkyl halides is 3. The van der Waals surface area contributed by atoms with E-state index in [0.29, 0.717) is 15.4 Å². The van der Waals surface area contributed by atoms with Gasteiger partial charge in [-0.1, -0.05) is 30.0 Å². The molecule has 9 heteroatoms. The summed E-state index contributed by atoms with van der Waals surface area (Å²) in [4.78, 5) is 24.4. The van der Waals surface area contributed by atoms with Gasteiger partial charge >= 0.3 is 6.18 Å². The van der Waals surface area contributed by atoms with Crippen molar-refractivity contribution in [3.63, 3.8) is 0 Å². The Morgan fingerprint density at radius 2 is 1.82 bits per heavy atom. The van der Waals surface area contributed by atoms with Crippen LogP contribution in [-0.2, 0) is 31.3 Å². The maximum absolute atomic E-state index is 13.6. The van der Waals surface area contributed by atoms with Crippen molar-refractivity contribution in [2.45, 2.75) is 49.3 Å². The summed E-state index contributed by atoms with van der Waals surface area (Å²) in [5.74, 6) is 0.0645. The number of hydrogen-bond acceptors (Lipinski definition) is 5. The Kier molecular flexibility index (Phi) is 6.01. The predicted molar refractivity (Wildman–Crippen MR) is 125 cm³/mol. The number of thiophene rings is 1. The molecule has 5 rings (SSSR count). The van der Waals surface area contributed by atoms with Gasteiger partial charge in [0.1, 0.15) is 4.83 Å². The zero-order valence-corrected chi connectivity index (χ0v) is 19.2. The minimum Gasteiger partial charge on any atom is -0.283 e. The van der Waals surface area contributed by atoms with E-state index in [9.17, 15) is 18.0 Å². The summed E-state index contributed by atoms with van der Waals surface area (Å²) in [7, 11) is 0. The van der Waals surface area contributed by atoms with Crippen LogP contribution in [0, 0.1) is 0 Å². The number of halogens is 3. The van der Waals surface area contributed by atoms with Crippen molar-refractivity contribution in [1.82, 2.24) is 14.5 Å². The lowest BCUT2D eigenvalue weighted by molar-refractivity contribution is -0.138. The molecule has 0 N–H and O–H groups in total. The highest BCUT2D eigenvalue weighted by Crippen LogP contribution is 2.37. The van der Waals surface area contributed by atoms with Gasteiger partial charge in [0.25, 0.3) is 5.56 Å². The highest BCUT2D eigenvalue weighted by Gasteiger charge is 2.33. The summed E-state index contributed by atoms with van der Waals surface area (Å²) < 4.78 is 42.0. The normalized spacial score (nSPS) is 13.9. The molecule has 3 aromatic heterocycles. The highest BCUT2D eigenvalue weighted by atomic mass is 32.2. The van der Waals surface area contributed by atoms with Gasteiger partial charge in [-0.15, -0.1) is 11.3 Å². The zero-order valence-electron chi connectivity index (χ0n) is 17.6. The van der Waals surface area contributed by atoms with Crippen LogP contribution >= 0.6 is 23.1 Å². The Bertz CT molecular complexity index is 1360. The van der Waals surface area contributed by atoms with Gasteiger partial charge in [-0.05, 0) is 60.6 Å². The van der Waals surface area contributed by atoms with Gasteiger partial charge in [0.2, 0.25) is 0 Å². The smallest absolute Gasteiger partial charge is 0.283 e. The second-order valence-electron chi connectivity index (χ2n) is 7.98. The molecule has 33 heavy (non-hydrogen) atoms. The lowest BCUT2D eigenvalue weighted by atomic mass is 9.97. The fourth-order valence-corrected chi connectivity index (χ4v) is 6.51. The van der Waals surface area contributed by atoms with Crippen LogP contribution in [0.5, 0.6) is 0 Å². The van der Waals surface area contributed by atoms with Crippen molar-refractivity contribution in [2.75, 3.05) is 0 Å². The quantitative estimate of drug-likeness (QED) is 0.252. The number of hydrogen-bond donors (Lipinski definition) is 0. The molecule has 1 aliphatic carbocycles. The first kappa shape index (κ1) is 22.2. The molecular weight excluding hydrogens is 467 g/mol. The van der Waals surface area contributed by atoms with Crippen molar-refractivity contribution in [2.24, 2.45) is 0 Å². The van der Waals surface area contributed by atoms with Gasteiger partial charge in [-0.2, -0.15) is 13.2 Å². The third kappa shape index (κ3) is 4.44. The molecule has 0 saturated heterocycles. The third-order valence-corrected chi connectivity index (χ3v) is 8.02. The van der Waals surface area contributed by atoms with Crippen LogP contribution in [0.3, 0.4) is 0 Å². The van der Waals surface area contributed by atoms with Crippen LogP contribution in [0.4, 0.5) is 13.2 Å². The first-order chi connectivity index (χ1) is 15.9. The Balaban J connectivity index is 1.59. The van der Waals surface area contributed by atoms with Crippen molar-refractivity contribution >= 4 is 33.3 Å². The summed E-state index contributed by atoms with van der Waals surface area (Å²) in [6.07, 6.45) is 2.84. The Morgan fingerprint density at radius 1 is 1.06 bits per heavy atom. The molecule has 0 saturated carbocycles. The number of aromatic nitrogens is 3. The molecule has 4 aromatic rings. The van der Waals surface area contributed by atoms with E-state index >= 15 is 0 Å². The van der Waals surface area contributed by atoms with Gasteiger partial charge < -0.3 is 0 Å². The summed E-state index contributed by atoms with van der Waals surface area (Å²) >= 11 is 2.71. The second kappa shape index (κ2) is 8.95.